The standard InChI is InChI=1S/C7H17NOS/c1-6(2)10-5-7(3,8)4-9/h6,9H,4-5,8H2,1-3H3. The zero-order chi connectivity index (χ0) is 8.20. The summed E-state index contributed by atoms with van der Waals surface area (Å²) < 4.78 is 0. The van der Waals surface area contributed by atoms with Gasteiger partial charge in [0.15, 0.2) is 0 Å². The highest BCUT2D eigenvalue weighted by Crippen LogP contribution is 2.14. The molecule has 0 aliphatic heterocycles. The van der Waals surface area contributed by atoms with Gasteiger partial charge < -0.3 is 10.8 Å². The third kappa shape index (κ3) is 5.09. The van der Waals surface area contributed by atoms with E-state index in [0.717, 1.165) is 5.75 Å². The second kappa shape index (κ2) is 4.21. The second-order valence-corrected chi connectivity index (χ2v) is 4.74. The molecule has 0 spiro atoms. The summed E-state index contributed by atoms with van der Waals surface area (Å²) in [4.78, 5) is 0. The molecule has 0 rings (SSSR count). The molecule has 3 heteroatoms. The fourth-order valence-corrected chi connectivity index (χ4v) is 1.21. The lowest BCUT2D eigenvalue weighted by atomic mass is 10.1. The molecular formula is C7H17NOS. The molecule has 0 fully saturated rings. The smallest absolute Gasteiger partial charge is 0.0616 e. The van der Waals surface area contributed by atoms with Gasteiger partial charge in [0, 0.05) is 11.3 Å². The highest BCUT2D eigenvalue weighted by atomic mass is 32.2. The number of hydrogen-bond acceptors (Lipinski definition) is 3. The van der Waals surface area contributed by atoms with Crippen molar-refractivity contribution < 1.29 is 5.11 Å². The molecule has 1 atom stereocenters. The van der Waals surface area contributed by atoms with Gasteiger partial charge in [0.05, 0.1) is 6.61 Å². The maximum atomic E-state index is 8.77. The molecule has 0 aromatic carbocycles. The number of aliphatic hydroxyl groups excluding tert-OH is 1. The third-order valence-electron chi connectivity index (χ3n) is 1.11. The van der Waals surface area contributed by atoms with Gasteiger partial charge in [-0.3, -0.25) is 0 Å². The molecule has 2 nitrogen and oxygen atoms in total. The summed E-state index contributed by atoms with van der Waals surface area (Å²) in [6, 6.07) is 0. The molecule has 1 unspecified atom stereocenters. The van der Waals surface area contributed by atoms with Gasteiger partial charge in [0.2, 0.25) is 0 Å². The van der Waals surface area contributed by atoms with Crippen molar-refractivity contribution in [3.8, 4) is 0 Å². The summed E-state index contributed by atoms with van der Waals surface area (Å²) >= 11 is 1.78. The summed E-state index contributed by atoms with van der Waals surface area (Å²) in [6.45, 7) is 6.17. The average Bonchev–Trinajstić information content (AvgIpc) is 1.85. The molecular weight excluding hydrogens is 146 g/mol. The Balaban J connectivity index is 3.46. The van der Waals surface area contributed by atoms with Crippen LogP contribution in [0.3, 0.4) is 0 Å². The summed E-state index contributed by atoms with van der Waals surface area (Å²) in [5, 5.41) is 9.36. The Hall–Kier alpha value is 0.270. The van der Waals surface area contributed by atoms with Crippen molar-refractivity contribution >= 4 is 11.8 Å². The molecule has 62 valence electrons. The van der Waals surface area contributed by atoms with Gasteiger partial charge in [0.25, 0.3) is 0 Å². The minimum Gasteiger partial charge on any atom is -0.394 e. The first-order chi connectivity index (χ1) is 4.48. The van der Waals surface area contributed by atoms with Crippen molar-refractivity contribution in [2.75, 3.05) is 12.4 Å². The summed E-state index contributed by atoms with van der Waals surface area (Å²) in [7, 11) is 0. The number of hydrogen-bond donors (Lipinski definition) is 2. The minimum absolute atomic E-state index is 0.0622. The van der Waals surface area contributed by atoms with Gasteiger partial charge in [-0.1, -0.05) is 13.8 Å². The Kier molecular flexibility index (Phi) is 4.32. The predicted octanol–water partition coefficient (Wildman–Crippen LogP) is 0.838. The monoisotopic (exact) mass is 163 g/mol. The normalized spacial score (nSPS) is 17.4. The maximum Gasteiger partial charge on any atom is 0.0616 e. The summed E-state index contributed by atoms with van der Waals surface area (Å²) in [5.74, 6) is 0.821. The average molecular weight is 163 g/mol. The van der Waals surface area contributed by atoms with E-state index in [1.807, 2.05) is 6.92 Å². The van der Waals surface area contributed by atoms with Gasteiger partial charge in [-0.2, -0.15) is 11.8 Å². The minimum atomic E-state index is -0.408. The molecule has 0 saturated carbocycles. The molecule has 0 heterocycles. The Morgan fingerprint density at radius 2 is 2.10 bits per heavy atom. The molecule has 10 heavy (non-hydrogen) atoms. The van der Waals surface area contributed by atoms with E-state index in [4.69, 9.17) is 10.8 Å². The summed E-state index contributed by atoms with van der Waals surface area (Å²) in [6.07, 6.45) is 0. The highest BCUT2D eigenvalue weighted by Gasteiger charge is 2.16. The zero-order valence-electron chi connectivity index (χ0n) is 6.92. The van der Waals surface area contributed by atoms with Crippen LogP contribution < -0.4 is 5.73 Å². The Bertz CT molecular complexity index is 93.6. The summed E-state index contributed by atoms with van der Waals surface area (Å²) in [5.41, 5.74) is 5.29. The van der Waals surface area contributed by atoms with Crippen LogP contribution in [-0.2, 0) is 0 Å². The van der Waals surface area contributed by atoms with Crippen molar-refractivity contribution in [3.05, 3.63) is 0 Å². The zero-order valence-corrected chi connectivity index (χ0v) is 7.74. The Morgan fingerprint density at radius 1 is 1.60 bits per heavy atom. The maximum absolute atomic E-state index is 8.77. The van der Waals surface area contributed by atoms with Crippen LogP contribution in [-0.4, -0.2) is 28.3 Å². The number of rotatable bonds is 4. The first kappa shape index (κ1) is 10.3. The molecule has 0 radical (unpaired) electrons. The van der Waals surface area contributed by atoms with E-state index in [-0.39, 0.29) is 6.61 Å². The van der Waals surface area contributed by atoms with Crippen LogP contribution in [0.25, 0.3) is 0 Å². The van der Waals surface area contributed by atoms with Gasteiger partial charge in [-0.15, -0.1) is 0 Å². The number of thioether (sulfide) groups is 1. The molecule has 3 N–H and O–H groups in total. The first-order valence-electron chi connectivity index (χ1n) is 3.49. The van der Waals surface area contributed by atoms with Gasteiger partial charge >= 0.3 is 0 Å². The SMILES string of the molecule is CC(C)SCC(C)(N)CO. The van der Waals surface area contributed by atoms with Crippen molar-refractivity contribution in [2.45, 2.75) is 31.6 Å². The van der Waals surface area contributed by atoms with E-state index in [1.54, 1.807) is 11.8 Å². The molecule has 0 amide bonds. The van der Waals surface area contributed by atoms with Crippen LogP contribution in [0, 0.1) is 0 Å². The third-order valence-corrected chi connectivity index (χ3v) is 2.60. The van der Waals surface area contributed by atoms with Crippen molar-refractivity contribution in [1.29, 1.82) is 0 Å². The van der Waals surface area contributed by atoms with E-state index in [1.165, 1.54) is 0 Å². The van der Waals surface area contributed by atoms with E-state index in [9.17, 15) is 0 Å². The number of nitrogens with two attached hydrogens (primary N) is 1. The molecule has 0 saturated heterocycles. The van der Waals surface area contributed by atoms with Crippen LogP contribution in [0.2, 0.25) is 0 Å². The lowest BCUT2D eigenvalue weighted by Gasteiger charge is -2.21. The van der Waals surface area contributed by atoms with Crippen LogP contribution in [0.5, 0.6) is 0 Å². The Morgan fingerprint density at radius 3 is 2.40 bits per heavy atom. The van der Waals surface area contributed by atoms with Gasteiger partial charge in [-0.05, 0) is 12.2 Å². The highest BCUT2D eigenvalue weighted by molar-refractivity contribution is 7.99. The molecule has 0 aromatic rings. The van der Waals surface area contributed by atoms with Crippen molar-refractivity contribution in [3.63, 3.8) is 0 Å². The van der Waals surface area contributed by atoms with E-state index in [0.29, 0.717) is 5.25 Å². The fraction of sp³-hybridized carbons (Fsp3) is 1.00. The quantitative estimate of drug-likeness (QED) is 0.645. The fourth-order valence-electron chi connectivity index (χ4n) is 0.403. The largest absolute Gasteiger partial charge is 0.394 e. The van der Waals surface area contributed by atoms with E-state index < -0.39 is 5.54 Å². The lowest BCUT2D eigenvalue weighted by molar-refractivity contribution is 0.224. The Labute approximate surface area is 67.2 Å². The van der Waals surface area contributed by atoms with Crippen LogP contribution >= 0.6 is 11.8 Å². The first-order valence-corrected chi connectivity index (χ1v) is 4.54. The lowest BCUT2D eigenvalue weighted by Crippen LogP contribution is -2.43. The number of aliphatic hydroxyl groups is 1. The second-order valence-electron chi connectivity index (χ2n) is 3.17. The van der Waals surface area contributed by atoms with Crippen LogP contribution in [0.1, 0.15) is 20.8 Å². The predicted molar refractivity (Wildman–Crippen MR) is 47.3 cm³/mol. The molecule has 0 aromatic heterocycles. The molecule has 0 aliphatic carbocycles. The topological polar surface area (TPSA) is 46.2 Å². The van der Waals surface area contributed by atoms with Crippen molar-refractivity contribution in [2.24, 2.45) is 5.73 Å². The molecule has 0 aliphatic rings. The van der Waals surface area contributed by atoms with Gasteiger partial charge in [0.1, 0.15) is 0 Å². The van der Waals surface area contributed by atoms with Crippen molar-refractivity contribution in [1.82, 2.24) is 0 Å². The van der Waals surface area contributed by atoms with E-state index in [2.05, 4.69) is 13.8 Å². The van der Waals surface area contributed by atoms with Gasteiger partial charge in [-0.25, -0.2) is 0 Å². The van der Waals surface area contributed by atoms with Crippen LogP contribution in [0.15, 0.2) is 0 Å². The van der Waals surface area contributed by atoms with Crippen LogP contribution in [0.4, 0.5) is 0 Å². The molecule has 0 bridgehead atoms. The van der Waals surface area contributed by atoms with E-state index >= 15 is 0 Å².